The zero-order chi connectivity index (χ0) is 9.72. The lowest BCUT2D eigenvalue weighted by Crippen LogP contribution is -2.15. The van der Waals surface area contributed by atoms with Crippen molar-refractivity contribution in [3.63, 3.8) is 0 Å². The van der Waals surface area contributed by atoms with Crippen LogP contribution in [0.3, 0.4) is 0 Å². The van der Waals surface area contributed by atoms with Crippen LogP contribution in [0, 0.1) is 11.8 Å². The molecule has 0 aromatic rings. The maximum atomic E-state index is 10.7. The van der Waals surface area contributed by atoms with E-state index in [1.165, 1.54) is 0 Å². The van der Waals surface area contributed by atoms with Crippen LogP contribution in [0.4, 0.5) is 0 Å². The van der Waals surface area contributed by atoms with Crippen LogP contribution in [0.25, 0.3) is 0 Å². The lowest BCUT2D eigenvalue weighted by Gasteiger charge is -2.12. The molecule has 2 nitrogen and oxygen atoms in total. The first-order valence-electron chi connectivity index (χ1n) is 3.87. The smallest absolute Gasteiger partial charge is 0.224 e. The highest BCUT2D eigenvalue weighted by atomic mass is 35.5. The van der Waals surface area contributed by atoms with Gasteiger partial charge in [0, 0.05) is 11.8 Å². The minimum absolute atomic E-state index is 0.246. The molecule has 0 heterocycles. The van der Waals surface area contributed by atoms with Gasteiger partial charge in [0.2, 0.25) is 10.5 Å². The third-order valence-corrected chi connectivity index (χ3v) is 2.52. The molecule has 0 aromatic carbocycles. The van der Waals surface area contributed by atoms with Gasteiger partial charge >= 0.3 is 0 Å². The molecule has 4 heteroatoms. The second-order valence-electron chi connectivity index (χ2n) is 2.85. The molecule has 0 spiro atoms. The molecule has 0 bridgehead atoms. The highest BCUT2D eigenvalue weighted by molar-refractivity contribution is 6.64. The quantitative estimate of drug-likeness (QED) is 0.655. The second kappa shape index (κ2) is 5.55. The van der Waals surface area contributed by atoms with Crippen LogP contribution >= 0.6 is 23.2 Å². The molecular weight excluding hydrogens is 199 g/mol. The van der Waals surface area contributed by atoms with Gasteiger partial charge in [0.1, 0.15) is 0 Å². The standard InChI is InChI=1S/C8H12Cl2O2/c1-3-6(8(10)12)4-5(2)7(9)11/h5-6H,3-4H2,1-2H3. The average molecular weight is 211 g/mol. The van der Waals surface area contributed by atoms with Crippen molar-refractivity contribution in [2.75, 3.05) is 0 Å². The van der Waals surface area contributed by atoms with Crippen molar-refractivity contribution in [1.82, 2.24) is 0 Å². The Bertz CT molecular complexity index is 180. The largest absolute Gasteiger partial charge is 0.281 e. The Hall–Kier alpha value is -0.0800. The lowest BCUT2D eigenvalue weighted by atomic mass is 9.96. The topological polar surface area (TPSA) is 34.1 Å². The van der Waals surface area contributed by atoms with Gasteiger partial charge in [-0.15, -0.1) is 0 Å². The van der Waals surface area contributed by atoms with Gasteiger partial charge in [0.15, 0.2) is 0 Å². The number of hydrogen-bond acceptors (Lipinski definition) is 2. The third-order valence-electron chi connectivity index (χ3n) is 1.84. The molecule has 0 aliphatic carbocycles. The van der Waals surface area contributed by atoms with E-state index in [-0.39, 0.29) is 17.1 Å². The fourth-order valence-corrected chi connectivity index (χ4v) is 1.27. The van der Waals surface area contributed by atoms with Crippen LogP contribution < -0.4 is 0 Å². The van der Waals surface area contributed by atoms with Crippen molar-refractivity contribution in [2.45, 2.75) is 26.7 Å². The lowest BCUT2D eigenvalue weighted by molar-refractivity contribution is -0.117. The molecule has 0 fully saturated rings. The van der Waals surface area contributed by atoms with Crippen molar-refractivity contribution in [2.24, 2.45) is 11.8 Å². The van der Waals surface area contributed by atoms with Crippen LogP contribution in [0.15, 0.2) is 0 Å². The summed E-state index contributed by atoms with van der Waals surface area (Å²) in [7, 11) is 0. The van der Waals surface area contributed by atoms with Crippen molar-refractivity contribution < 1.29 is 9.59 Å². The van der Waals surface area contributed by atoms with Crippen LogP contribution in [-0.4, -0.2) is 10.5 Å². The summed E-state index contributed by atoms with van der Waals surface area (Å²) in [5.41, 5.74) is 0. The van der Waals surface area contributed by atoms with E-state index < -0.39 is 5.24 Å². The van der Waals surface area contributed by atoms with Crippen molar-refractivity contribution in [3.8, 4) is 0 Å². The van der Waals surface area contributed by atoms with Crippen molar-refractivity contribution in [3.05, 3.63) is 0 Å². The minimum atomic E-state index is -0.411. The van der Waals surface area contributed by atoms with Crippen LogP contribution in [0.5, 0.6) is 0 Å². The molecule has 0 saturated carbocycles. The van der Waals surface area contributed by atoms with Gasteiger partial charge in [-0.3, -0.25) is 9.59 Å². The molecule has 2 atom stereocenters. The second-order valence-corrected chi connectivity index (χ2v) is 3.60. The Morgan fingerprint density at radius 2 is 1.75 bits per heavy atom. The van der Waals surface area contributed by atoms with Gasteiger partial charge in [-0.1, -0.05) is 13.8 Å². The third kappa shape index (κ3) is 4.07. The average Bonchev–Trinajstić information content (AvgIpc) is 1.98. The van der Waals surface area contributed by atoms with Gasteiger partial charge in [-0.05, 0) is 36.0 Å². The van der Waals surface area contributed by atoms with E-state index in [1.54, 1.807) is 6.92 Å². The fourth-order valence-electron chi connectivity index (χ4n) is 0.939. The highest BCUT2D eigenvalue weighted by Crippen LogP contribution is 2.19. The Morgan fingerprint density at radius 1 is 1.25 bits per heavy atom. The number of carbonyl (C=O) groups excluding carboxylic acids is 2. The summed E-state index contributed by atoms with van der Waals surface area (Å²) in [6.07, 6.45) is 1.10. The van der Waals surface area contributed by atoms with E-state index >= 15 is 0 Å². The Kier molecular flexibility index (Phi) is 5.51. The molecule has 0 rings (SSSR count). The Balaban J connectivity index is 4.02. The summed E-state index contributed by atoms with van der Waals surface area (Å²) in [6, 6.07) is 0. The Morgan fingerprint density at radius 3 is 2.00 bits per heavy atom. The van der Waals surface area contributed by atoms with E-state index in [2.05, 4.69) is 0 Å². The van der Waals surface area contributed by atoms with Gasteiger partial charge in [-0.25, -0.2) is 0 Å². The number of carbonyl (C=O) groups is 2. The molecule has 0 N–H and O–H groups in total. The molecule has 0 saturated heterocycles. The molecule has 0 aromatic heterocycles. The maximum absolute atomic E-state index is 10.7. The summed E-state index contributed by atoms with van der Waals surface area (Å²) >= 11 is 10.5. The summed E-state index contributed by atoms with van der Waals surface area (Å²) in [5.74, 6) is -0.538. The predicted molar refractivity (Wildman–Crippen MR) is 49.3 cm³/mol. The zero-order valence-electron chi connectivity index (χ0n) is 7.14. The summed E-state index contributed by atoms with van der Waals surface area (Å²) in [4.78, 5) is 21.4. The fraction of sp³-hybridized carbons (Fsp3) is 0.750. The number of hydrogen-bond donors (Lipinski definition) is 0. The van der Waals surface area contributed by atoms with Crippen LogP contribution in [0.1, 0.15) is 26.7 Å². The maximum Gasteiger partial charge on any atom is 0.224 e. The number of halogens is 2. The molecule has 12 heavy (non-hydrogen) atoms. The van der Waals surface area contributed by atoms with Gasteiger partial charge < -0.3 is 0 Å². The van der Waals surface area contributed by atoms with E-state index in [9.17, 15) is 9.59 Å². The number of rotatable bonds is 5. The predicted octanol–water partition coefficient (Wildman–Crippen LogP) is 2.57. The molecule has 0 aliphatic rings. The normalized spacial score (nSPS) is 15.3. The Labute approximate surface area is 82.2 Å². The molecule has 0 aliphatic heterocycles. The first kappa shape index (κ1) is 11.9. The highest BCUT2D eigenvalue weighted by Gasteiger charge is 2.20. The van der Waals surface area contributed by atoms with Crippen LogP contribution in [-0.2, 0) is 9.59 Å². The van der Waals surface area contributed by atoms with Crippen LogP contribution in [0.2, 0.25) is 0 Å². The van der Waals surface area contributed by atoms with E-state index in [4.69, 9.17) is 23.2 Å². The van der Waals surface area contributed by atoms with Gasteiger partial charge in [0.05, 0.1) is 0 Å². The van der Waals surface area contributed by atoms with Gasteiger partial charge in [0.25, 0.3) is 0 Å². The molecule has 2 unspecified atom stereocenters. The molecule has 70 valence electrons. The first-order valence-corrected chi connectivity index (χ1v) is 4.63. The molecule has 0 amide bonds. The molecular formula is C8H12Cl2O2. The minimum Gasteiger partial charge on any atom is -0.281 e. The summed E-state index contributed by atoms with van der Waals surface area (Å²) in [6.45, 7) is 3.55. The SMILES string of the molecule is CCC(CC(C)C(=O)Cl)C(=O)Cl. The van der Waals surface area contributed by atoms with Gasteiger partial charge in [-0.2, -0.15) is 0 Å². The van der Waals surface area contributed by atoms with Crippen molar-refractivity contribution in [1.29, 1.82) is 0 Å². The first-order chi connectivity index (χ1) is 5.49. The van der Waals surface area contributed by atoms with E-state index in [0.29, 0.717) is 12.8 Å². The monoisotopic (exact) mass is 210 g/mol. The summed E-state index contributed by atoms with van der Waals surface area (Å²) < 4.78 is 0. The van der Waals surface area contributed by atoms with Crippen molar-refractivity contribution >= 4 is 33.7 Å². The van der Waals surface area contributed by atoms with E-state index in [1.807, 2.05) is 6.92 Å². The van der Waals surface area contributed by atoms with E-state index in [0.717, 1.165) is 0 Å². The molecule has 0 radical (unpaired) electrons. The summed E-state index contributed by atoms with van der Waals surface area (Å²) in [5, 5.41) is -0.798. The zero-order valence-corrected chi connectivity index (χ0v) is 8.65.